The van der Waals surface area contributed by atoms with Gasteiger partial charge in [-0.2, -0.15) is 5.10 Å². The largest absolute Gasteiger partial charge is 0.493 e. The van der Waals surface area contributed by atoms with E-state index in [1.165, 1.54) is 25.6 Å². The number of fused-ring (bicyclic) bond motifs is 1. The molecule has 47 heavy (non-hydrogen) atoms. The lowest BCUT2D eigenvalue weighted by Gasteiger charge is -2.25. The summed E-state index contributed by atoms with van der Waals surface area (Å²) < 4.78 is 54.7. The Hall–Kier alpha value is -4.21. The summed E-state index contributed by atoms with van der Waals surface area (Å²) in [5.74, 6) is -0.595. The fourth-order valence-corrected chi connectivity index (χ4v) is 5.94. The van der Waals surface area contributed by atoms with Crippen molar-refractivity contribution in [1.82, 2.24) is 25.5 Å². The number of nitrogens with zero attached hydrogens (tertiary/aromatic N) is 3. The second-order valence-electron chi connectivity index (χ2n) is 11.0. The number of methoxy groups -OCH3 is 1. The van der Waals surface area contributed by atoms with E-state index < -0.39 is 25.4 Å². The highest BCUT2D eigenvalue weighted by atomic mass is 31.2. The van der Waals surface area contributed by atoms with Gasteiger partial charge in [0.1, 0.15) is 12.1 Å². The van der Waals surface area contributed by atoms with Crippen LogP contribution in [0.4, 0.5) is 26.1 Å². The Morgan fingerprint density at radius 1 is 1.13 bits per heavy atom. The van der Waals surface area contributed by atoms with Gasteiger partial charge < -0.3 is 35.2 Å². The molecule has 1 atom stereocenters. The standard InChI is InChI=1S/C30H36F2N7O7P/c1-44-25-15-20-24(16-26(25)45-11-9-22(18-5-2-3-6-18)33-10-12-46-47(41,42)43)34-17-35-30(20)37-27-13-19(38-39-27)14-28(40)36-23-8-4-7-21(31)29(23)32/h4,7-8,13,15-18,22,33H,2-3,5-6,9-12,14H2,1H3,(H,36,40)(H2,41,42,43)(H2,34,35,37,38,39). The van der Waals surface area contributed by atoms with Gasteiger partial charge in [-0.1, -0.05) is 18.9 Å². The third kappa shape index (κ3) is 9.42. The highest BCUT2D eigenvalue weighted by molar-refractivity contribution is 7.46. The minimum absolute atomic E-state index is 0.0924. The number of aromatic amines is 1. The van der Waals surface area contributed by atoms with E-state index in [-0.39, 0.29) is 24.8 Å². The van der Waals surface area contributed by atoms with Crippen molar-refractivity contribution in [3.63, 3.8) is 0 Å². The second-order valence-corrected chi connectivity index (χ2v) is 12.3. The topological polar surface area (TPSA) is 193 Å². The fourth-order valence-electron chi connectivity index (χ4n) is 5.61. The molecule has 0 aliphatic heterocycles. The molecule has 1 amide bonds. The van der Waals surface area contributed by atoms with E-state index in [9.17, 15) is 18.1 Å². The molecule has 1 aliphatic rings. The number of anilines is 3. The average Bonchev–Trinajstić information content (AvgIpc) is 3.73. The molecule has 0 saturated heterocycles. The van der Waals surface area contributed by atoms with Crippen molar-refractivity contribution in [3.8, 4) is 11.5 Å². The van der Waals surface area contributed by atoms with Crippen LogP contribution in [0.3, 0.4) is 0 Å². The number of ether oxygens (including phenoxy) is 2. The van der Waals surface area contributed by atoms with Gasteiger partial charge in [0.25, 0.3) is 0 Å². The summed E-state index contributed by atoms with van der Waals surface area (Å²) in [5.41, 5.74) is 0.743. The van der Waals surface area contributed by atoms with E-state index in [2.05, 4.69) is 40.6 Å². The van der Waals surface area contributed by atoms with Gasteiger partial charge in [-0.25, -0.2) is 23.3 Å². The van der Waals surface area contributed by atoms with E-state index in [0.717, 1.165) is 31.7 Å². The van der Waals surface area contributed by atoms with Crippen molar-refractivity contribution < 1.29 is 41.9 Å². The summed E-state index contributed by atoms with van der Waals surface area (Å²) in [6, 6.07) is 8.71. The average molecular weight is 676 g/mol. The minimum Gasteiger partial charge on any atom is -0.493 e. The molecule has 252 valence electrons. The number of phosphoric acid groups is 1. The first-order chi connectivity index (χ1) is 22.6. The lowest BCUT2D eigenvalue weighted by molar-refractivity contribution is -0.115. The fraction of sp³-hybridized carbons (Fsp3) is 0.400. The maximum atomic E-state index is 13.9. The summed E-state index contributed by atoms with van der Waals surface area (Å²) in [5, 5.41) is 16.4. The molecule has 0 bridgehead atoms. The van der Waals surface area contributed by atoms with Crippen molar-refractivity contribution in [2.24, 2.45) is 5.92 Å². The van der Waals surface area contributed by atoms with Gasteiger partial charge in [-0.3, -0.25) is 14.4 Å². The number of hydrogen-bond donors (Lipinski definition) is 6. The van der Waals surface area contributed by atoms with Gasteiger partial charge in [-0.15, -0.1) is 0 Å². The number of benzene rings is 2. The van der Waals surface area contributed by atoms with E-state index in [4.69, 9.17) is 19.3 Å². The van der Waals surface area contributed by atoms with Crippen molar-refractivity contribution in [1.29, 1.82) is 0 Å². The van der Waals surface area contributed by atoms with Crippen LogP contribution in [0.5, 0.6) is 11.5 Å². The number of nitrogens with one attached hydrogen (secondary N) is 4. The first kappa shape index (κ1) is 34.1. The molecule has 5 rings (SSSR count). The number of carbonyl (C=O) groups excluding carboxylic acids is 1. The Balaban J connectivity index is 1.21. The Bertz CT molecular complexity index is 1730. The van der Waals surface area contributed by atoms with Crippen LogP contribution >= 0.6 is 7.82 Å². The van der Waals surface area contributed by atoms with Crippen LogP contribution in [0.25, 0.3) is 10.9 Å². The predicted octanol–water partition coefficient (Wildman–Crippen LogP) is 4.59. The molecule has 6 N–H and O–H groups in total. The van der Waals surface area contributed by atoms with Crippen LogP contribution in [0.15, 0.2) is 42.7 Å². The molecule has 1 fully saturated rings. The highest BCUT2D eigenvalue weighted by Gasteiger charge is 2.25. The van der Waals surface area contributed by atoms with E-state index in [1.807, 2.05) is 0 Å². The van der Waals surface area contributed by atoms with Crippen molar-refractivity contribution >= 4 is 42.0 Å². The van der Waals surface area contributed by atoms with Gasteiger partial charge in [0.15, 0.2) is 29.0 Å². The van der Waals surface area contributed by atoms with Crippen LogP contribution in [0.1, 0.15) is 37.8 Å². The molecule has 4 aromatic rings. The van der Waals surface area contributed by atoms with Crippen LogP contribution in [-0.2, 0) is 20.3 Å². The Morgan fingerprint density at radius 3 is 2.70 bits per heavy atom. The third-order valence-corrected chi connectivity index (χ3v) is 8.32. The van der Waals surface area contributed by atoms with Gasteiger partial charge >= 0.3 is 7.82 Å². The maximum Gasteiger partial charge on any atom is 0.469 e. The molecule has 2 heterocycles. The minimum atomic E-state index is -4.52. The molecule has 1 unspecified atom stereocenters. The zero-order valence-corrected chi connectivity index (χ0v) is 26.4. The summed E-state index contributed by atoms with van der Waals surface area (Å²) in [7, 11) is -2.99. The van der Waals surface area contributed by atoms with Gasteiger partial charge in [0.05, 0.1) is 37.9 Å². The molecule has 0 radical (unpaired) electrons. The molecule has 1 saturated carbocycles. The van der Waals surface area contributed by atoms with Crippen LogP contribution in [0, 0.1) is 17.6 Å². The summed E-state index contributed by atoms with van der Waals surface area (Å²) >= 11 is 0. The molecule has 17 heteroatoms. The smallest absolute Gasteiger partial charge is 0.469 e. The summed E-state index contributed by atoms with van der Waals surface area (Å²) in [6.45, 7) is 0.564. The summed E-state index contributed by atoms with van der Waals surface area (Å²) in [6.07, 6.45) is 6.31. The molecule has 1 aliphatic carbocycles. The Kier molecular flexibility index (Phi) is 11.3. The number of halogens is 2. The first-order valence-electron chi connectivity index (χ1n) is 15.0. The number of aromatic nitrogens is 4. The number of amides is 1. The normalized spacial score (nSPS) is 14.3. The number of rotatable bonds is 16. The number of H-pyrrole nitrogens is 1. The predicted molar refractivity (Wildman–Crippen MR) is 169 cm³/mol. The van der Waals surface area contributed by atoms with Crippen LogP contribution in [0.2, 0.25) is 0 Å². The molecule has 2 aromatic carbocycles. The maximum absolute atomic E-state index is 13.9. The number of hydrogen-bond acceptors (Lipinski definition) is 10. The van der Waals surface area contributed by atoms with Crippen molar-refractivity contribution in [2.45, 2.75) is 44.6 Å². The quantitative estimate of drug-likeness (QED) is 0.0716. The lowest BCUT2D eigenvalue weighted by Crippen LogP contribution is -2.38. The van der Waals surface area contributed by atoms with Gasteiger partial charge in [0.2, 0.25) is 5.91 Å². The Labute approximate surface area is 268 Å². The monoisotopic (exact) mass is 675 g/mol. The third-order valence-electron chi connectivity index (χ3n) is 7.80. The van der Waals surface area contributed by atoms with Crippen LogP contribution in [-0.4, -0.2) is 68.8 Å². The Morgan fingerprint density at radius 2 is 1.94 bits per heavy atom. The van der Waals surface area contributed by atoms with Crippen molar-refractivity contribution in [2.75, 3.05) is 37.5 Å². The van der Waals surface area contributed by atoms with Gasteiger partial charge in [-0.05, 0) is 43.4 Å². The summed E-state index contributed by atoms with van der Waals surface area (Å²) in [4.78, 5) is 39.0. The molecular formula is C30H36F2N7O7P. The van der Waals surface area contributed by atoms with Crippen LogP contribution < -0.4 is 25.4 Å². The second kappa shape index (κ2) is 15.6. The highest BCUT2D eigenvalue weighted by Crippen LogP contribution is 2.36. The zero-order chi connectivity index (χ0) is 33.4. The van der Waals surface area contributed by atoms with E-state index >= 15 is 0 Å². The SMILES string of the molecule is COc1cc2c(Nc3cc(CC(=O)Nc4cccc(F)c4F)[nH]n3)ncnc2cc1OCCC(NCCOP(=O)(O)O)C1CCCC1. The molecule has 14 nitrogen and oxygen atoms in total. The molecular weight excluding hydrogens is 639 g/mol. The number of carbonyl (C=O) groups is 1. The number of phosphoric ester groups is 1. The van der Waals surface area contributed by atoms with E-state index in [1.54, 1.807) is 18.2 Å². The van der Waals surface area contributed by atoms with Crippen molar-refractivity contribution in [3.05, 3.63) is 60.1 Å². The van der Waals surface area contributed by atoms with E-state index in [0.29, 0.717) is 65.2 Å². The molecule has 0 spiro atoms. The molecule has 2 aromatic heterocycles. The first-order valence-corrected chi connectivity index (χ1v) is 16.6. The zero-order valence-electron chi connectivity index (χ0n) is 25.5. The van der Waals surface area contributed by atoms with Gasteiger partial charge in [0, 0.05) is 35.8 Å². The lowest BCUT2D eigenvalue weighted by atomic mass is 9.95.